The summed E-state index contributed by atoms with van der Waals surface area (Å²) in [6, 6.07) is 7.19. The Balaban J connectivity index is 1.33. The van der Waals surface area contributed by atoms with E-state index in [1.165, 1.54) is 23.4 Å². The maximum atomic E-state index is 14.4. The summed E-state index contributed by atoms with van der Waals surface area (Å²) in [6.07, 6.45) is 7.83. The van der Waals surface area contributed by atoms with Crippen molar-refractivity contribution < 1.29 is 32.3 Å². The average molecular weight is 801 g/mol. The molecule has 2 aliphatic rings. The highest BCUT2D eigenvalue weighted by Gasteiger charge is 2.41. The maximum Gasteiger partial charge on any atom is 0.265 e. The number of fused-ring (bicyclic) bond motifs is 2. The molecule has 15 nitrogen and oxygen atoms in total. The van der Waals surface area contributed by atoms with Gasteiger partial charge in [-0.05, 0) is 72.1 Å². The minimum absolute atomic E-state index is 0.0190. The average Bonchev–Trinajstić information content (AvgIpc) is 3.67. The largest absolute Gasteiger partial charge is 0.479 e. The highest BCUT2D eigenvalue weighted by molar-refractivity contribution is 7.92. The lowest BCUT2D eigenvalue weighted by Crippen LogP contribution is -2.52. The van der Waals surface area contributed by atoms with E-state index in [0.717, 1.165) is 49.8 Å². The zero-order valence-corrected chi connectivity index (χ0v) is 34.3. The summed E-state index contributed by atoms with van der Waals surface area (Å²) in [5.41, 5.74) is 3.40. The van der Waals surface area contributed by atoms with Crippen LogP contribution in [0.3, 0.4) is 0 Å². The van der Waals surface area contributed by atoms with Crippen molar-refractivity contribution in [2.45, 2.75) is 134 Å². The number of rotatable bonds is 16. The highest BCUT2D eigenvalue weighted by Crippen LogP contribution is 2.39. The third kappa shape index (κ3) is 8.80. The Kier molecular flexibility index (Phi) is 12.3. The number of sulfone groups is 1. The van der Waals surface area contributed by atoms with E-state index in [1.807, 2.05) is 13.8 Å². The quantitative estimate of drug-likeness (QED) is 0.0704. The molecule has 2 aliphatic heterocycles. The van der Waals surface area contributed by atoms with Gasteiger partial charge in [-0.25, -0.2) is 18.4 Å². The molecule has 2 aromatic heterocycles. The van der Waals surface area contributed by atoms with Gasteiger partial charge in [-0.3, -0.25) is 29.6 Å². The first-order valence-corrected chi connectivity index (χ1v) is 21.1. The van der Waals surface area contributed by atoms with Gasteiger partial charge in [-0.1, -0.05) is 51.5 Å². The number of anilines is 3. The second-order valence-corrected chi connectivity index (χ2v) is 18.5. The molecule has 304 valence electrons. The minimum Gasteiger partial charge on any atom is -0.479 e. The highest BCUT2D eigenvalue weighted by atomic mass is 32.2. The SMILES string of the molecule is CCCCCCCCCC(Oc1cc2ncnc(Nc3n[nH]c(C)c3C)c2cc1S(=O)(=O)C(C)(C)C)C(=O)Nc1cccc2c1CN(C1CCC(=O)NC1=O)C2=O. The van der Waals surface area contributed by atoms with Crippen molar-refractivity contribution in [3.63, 3.8) is 0 Å². The Hall–Kier alpha value is -5.38. The molecule has 4 N–H and O–H groups in total. The summed E-state index contributed by atoms with van der Waals surface area (Å²) in [7, 11) is -4.06. The number of H-pyrrole nitrogens is 1. The van der Waals surface area contributed by atoms with Crippen LogP contribution in [0, 0.1) is 13.8 Å². The van der Waals surface area contributed by atoms with E-state index in [2.05, 4.69) is 43.0 Å². The number of amides is 4. The number of imide groups is 1. The van der Waals surface area contributed by atoms with Crippen LogP contribution in [0.25, 0.3) is 10.9 Å². The Morgan fingerprint density at radius 3 is 2.44 bits per heavy atom. The molecule has 2 unspecified atom stereocenters. The van der Waals surface area contributed by atoms with E-state index in [4.69, 9.17) is 4.74 Å². The molecular formula is C41H52N8O7S. The van der Waals surface area contributed by atoms with E-state index >= 15 is 0 Å². The molecule has 1 saturated heterocycles. The molecule has 1 fully saturated rings. The second kappa shape index (κ2) is 17.0. The van der Waals surface area contributed by atoms with Crippen molar-refractivity contribution in [1.29, 1.82) is 0 Å². The van der Waals surface area contributed by atoms with Crippen molar-refractivity contribution >= 4 is 61.7 Å². The minimum atomic E-state index is -4.06. The van der Waals surface area contributed by atoms with Gasteiger partial charge >= 0.3 is 0 Å². The smallest absolute Gasteiger partial charge is 0.265 e. The van der Waals surface area contributed by atoms with E-state index in [9.17, 15) is 27.6 Å². The summed E-state index contributed by atoms with van der Waals surface area (Å²) in [4.78, 5) is 62.5. The molecule has 0 radical (unpaired) electrons. The topological polar surface area (TPSA) is 205 Å². The van der Waals surface area contributed by atoms with Crippen LogP contribution in [-0.4, -0.2) is 74.0 Å². The fourth-order valence-corrected chi connectivity index (χ4v) is 8.42. The number of aryl methyl sites for hydroxylation is 1. The molecule has 16 heteroatoms. The van der Waals surface area contributed by atoms with Crippen LogP contribution in [0.1, 0.15) is 119 Å². The van der Waals surface area contributed by atoms with Gasteiger partial charge in [-0.2, -0.15) is 5.10 Å². The van der Waals surface area contributed by atoms with Gasteiger partial charge in [0.1, 0.15) is 28.8 Å². The number of piperidine rings is 1. The van der Waals surface area contributed by atoms with E-state index in [1.54, 1.807) is 39.0 Å². The van der Waals surface area contributed by atoms with Crippen LogP contribution in [-0.2, 0) is 30.8 Å². The van der Waals surface area contributed by atoms with Crippen molar-refractivity contribution in [3.8, 4) is 5.75 Å². The lowest BCUT2D eigenvalue weighted by Gasteiger charge is -2.29. The van der Waals surface area contributed by atoms with Gasteiger partial charge in [0.05, 0.1) is 10.3 Å². The molecule has 4 heterocycles. The normalized spacial score (nSPS) is 16.4. The Morgan fingerprint density at radius 2 is 1.75 bits per heavy atom. The number of nitrogens with zero attached hydrogens (tertiary/aromatic N) is 4. The summed E-state index contributed by atoms with van der Waals surface area (Å²) in [5.74, 6) is -0.931. The molecule has 0 bridgehead atoms. The summed E-state index contributed by atoms with van der Waals surface area (Å²) < 4.78 is 33.9. The molecule has 4 aromatic rings. The Bertz CT molecular complexity index is 2300. The number of nitrogens with one attached hydrogen (secondary N) is 4. The van der Waals surface area contributed by atoms with Crippen molar-refractivity contribution in [2.75, 3.05) is 10.6 Å². The molecule has 0 aliphatic carbocycles. The van der Waals surface area contributed by atoms with Crippen LogP contribution in [0.2, 0.25) is 0 Å². The van der Waals surface area contributed by atoms with Crippen LogP contribution in [0.4, 0.5) is 17.3 Å². The number of carbonyl (C=O) groups is 4. The van der Waals surface area contributed by atoms with Gasteiger partial charge in [0.2, 0.25) is 11.8 Å². The standard InChI is InChI=1S/C41H52N8O7S/c1-7-8-9-10-11-12-13-17-32(39(52)44-29-16-14-15-26-28(29)22-49(40(26)53)31-18-19-35(50)45-38(31)51)56-33-21-30-27(20-34(33)57(54,55)41(4,5)6)37(43-23-42-30)46-36-24(2)25(3)47-48-36/h14-16,20-21,23,31-32H,7-13,17-19,22H2,1-6H3,(H,44,52)(H,45,50,51)(H2,42,43,46,47,48). The maximum absolute atomic E-state index is 14.4. The zero-order chi connectivity index (χ0) is 41.1. The number of aromatic amines is 1. The first-order chi connectivity index (χ1) is 27.1. The van der Waals surface area contributed by atoms with E-state index in [-0.39, 0.29) is 48.3 Å². The second-order valence-electron chi connectivity index (χ2n) is 15.8. The van der Waals surface area contributed by atoms with Crippen LogP contribution in [0.5, 0.6) is 5.75 Å². The van der Waals surface area contributed by atoms with Crippen LogP contribution >= 0.6 is 0 Å². The predicted octanol–water partition coefficient (Wildman–Crippen LogP) is 6.57. The van der Waals surface area contributed by atoms with Gasteiger partial charge < -0.3 is 20.3 Å². The molecule has 2 atom stereocenters. The first kappa shape index (κ1) is 41.3. The Labute approximate surface area is 333 Å². The fraction of sp³-hybridized carbons (Fsp3) is 0.488. The van der Waals surface area contributed by atoms with Crippen molar-refractivity contribution in [1.82, 2.24) is 30.4 Å². The molecule has 6 rings (SSSR count). The van der Waals surface area contributed by atoms with Crippen LogP contribution in [0.15, 0.2) is 41.6 Å². The predicted molar refractivity (Wildman–Crippen MR) is 216 cm³/mol. The first-order valence-electron chi connectivity index (χ1n) is 19.7. The van der Waals surface area contributed by atoms with Crippen LogP contribution < -0.4 is 20.7 Å². The third-order valence-corrected chi connectivity index (χ3v) is 13.3. The van der Waals surface area contributed by atoms with E-state index in [0.29, 0.717) is 45.8 Å². The van der Waals surface area contributed by atoms with Crippen molar-refractivity contribution in [3.05, 3.63) is 59.0 Å². The zero-order valence-electron chi connectivity index (χ0n) is 33.5. The number of ether oxygens (including phenoxy) is 1. The third-order valence-electron chi connectivity index (χ3n) is 10.8. The molecular weight excluding hydrogens is 749 g/mol. The van der Waals surface area contributed by atoms with Gasteiger partial charge in [-0.15, -0.1) is 0 Å². The molecule has 0 spiro atoms. The number of benzene rings is 2. The number of aromatic nitrogens is 4. The number of hydrogen-bond acceptors (Lipinski definition) is 11. The fourth-order valence-electron chi connectivity index (χ4n) is 7.11. The molecule has 2 aromatic carbocycles. The van der Waals surface area contributed by atoms with Crippen molar-refractivity contribution in [2.24, 2.45) is 0 Å². The monoisotopic (exact) mass is 800 g/mol. The lowest BCUT2D eigenvalue weighted by molar-refractivity contribution is -0.137. The lowest BCUT2D eigenvalue weighted by atomic mass is 10.0. The summed E-state index contributed by atoms with van der Waals surface area (Å²) in [5, 5.41) is 16.2. The number of carbonyl (C=O) groups excluding carboxylic acids is 4. The molecule has 4 amide bonds. The summed E-state index contributed by atoms with van der Waals surface area (Å²) in [6.45, 7) is 10.8. The number of hydrogen-bond donors (Lipinski definition) is 4. The summed E-state index contributed by atoms with van der Waals surface area (Å²) >= 11 is 0. The van der Waals surface area contributed by atoms with Gasteiger partial charge in [0.15, 0.2) is 21.8 Å². The molecule has 57 heavy (non-hydrogen) atoms. The molecule has 0 saturated carbocycles. The van der Waals surface area contributed by atoms with E-state index < -0.39 is 38.5 Å². The number of unbranched alkanes of at least 4 members (excludes halogenated alkanes) is 6. The van der Waals surface area contributed by atoms with Gasteiger partial charge in [0.25, 0.3) is 11.8 Å². The Morgan fingerprint density at radius 1 is 1.02 bits per heavy atom. The van der Waals surface area contributed by atoms with Gasteiger partial charge in [0, 0.05) is 52.5 Å².